The highest BCUT2D eigenvalue weighted by Gasteiger charge is 2.09. The first-order valence-corrected chi connectivity index (χ1v) is 5.78. The molecule has 0 unspecified atom stereocenters. The van der Waals surface area contributed by atoms with Crippen molar-refractivity contribution in [3.63, 3.8) is 0 Å². The van der Waals surface area contributed by atoms with Gasteiger partial charge in [0.2, 0.25) is 0 Å². The van der Waals surface area contributed by atoms with Gasteiger partial charge in [-0.3, -0.25) is 4.90 Å². The molecule has 0 aliphatic heterocycles. The van der Waals surface area contributed by atoms with Crippen molar-refractivity contribution in [2.75, 3.05) is 33.4 Å². The van der Waals surface area contributed by atoms with Crippen molar-refractivity contribution in [3.05, 3.63) is 29.3 Å². The van der Waals surface area contributed by atoms with Crippen LogP contribution in [-0.2, 0) is 11.3 Å². The van der Waals surface area contributed by atoms with E-state index in [1.807, 2.05) is 25.1 Å². The van der Waals surface area contributed by atoms with Gasteiger partial charge in [0.15, 0.2) is 0 Å². The molecule has 4 heteroatoms. The van der Waals surface area contributed by atoms with E-state index in [1.54, 1.807) is 7.11 Å². The first kappa shape index (κ1) is 14.0. The molecule has 0 spiro atoms. The molecule has 4 nitrogen and oxygen atoms in total. The lowest BCUT2D eigenvalue weighted by Gasteiger charge is -2.21. The molecule has 0 radical (unpaired) electrons. The lowest BCUT2D eigenvalue weighted by atomic mass is 10.1. The van der Waals surface area contributed by atoms with Crippen LogP contribution in [0.2, 0.25) is 0 Å². The average Bonchev–Trinajstić information content (AvgIpc) is 2.32. The minimum Gasteiger partial charge on any atom is -0.507 e. The van der Waals surface area contributed by atoms with Gasteiger partial charge in [-0.05, 0) is 12.5 Å². The van der Waals surface area contributed by atoms with Crippen LogP contribution in [-0.4, -0.2) is 48.5 Å². The predicted octanol–water partition coefficient (Wildman–Crippen LogP) is 1.14. The fourth-order valence-corrected chi connectivity index (χ4v) is 1.72. The maximum atomic E-state index is 9.92. The van der Waals surface area contributed by atoms with E-state index in [9.17, 15) is 5.11 Å². The molecule has 2 N–H and O–H groups in total. The van der Waals surface area contributed by atoms with Crippen molar-refractivity contribution in [2.24, 2.45) is 0 Å². The Labute approximate surface area is 102 Å². The molecule has 0 heterocycles. The molecule has 0 bridgehead atoms. The summed E-state index contributed by atoms with van der Waals surface area (Å²) in [6.45, 7) is 4.55. The standard InChI is InChI=1S/C13H21NO3/c1-11-4-3-5-12(13(11)16)10-14(6-8-15)7-9-17-2/h3-5,15-16H,6-10H2,1-2H3. The summed E-state index contributed by atoms with van der Waals surface area (Å²) in [4.78, 5) is 2.05. The number of aliphatic hydroxyl groups excluding tert-OH is 1. The molecule has 0 aliphatic carbocycles. The molecule has 17 heavy (non-hydrogen) atoms. The fourth-order valence-electron chi connectivity index (χ4n) is 1.72. The van der Waals surface area contributed by atoms with E-state index in [4.69, 9.17) is 9.84 Å². The number of aliphatic hydroxyl groups is 1. The number of phenols is 1. The van der Waals surface area contributed by atoms with Crippen LogP contribution >= 0.6 is 0 Å². The van der Waals surface area contributed by atoms with E-state index in [1.165, 1.54) is 0 Å². The fraction of sp³-hybridized carbons (Fsp3) is 0.538. The second-order valence-electron chi connectivity index (χ2n) is 4.08. The molecule has 0 atom stereocenters. The van der Waals surface area contributed by atoms with Crippen molar-refractivity contribution in [1.29, 1.82) is 0 Å². The van der Waals surface area contributed by atoms with Gasteiger partial charge in [-0.25, -0.2) is 0 Å². The van der Waals surface area contributed by atoms with Crippen molar-refractivity contribution < 1.29 is 14.9 Å². The van der Waals surface area contributed by atoms with Crippen LogP contribution in [0, 0.1) is 6.92 Å². The maximum absolute atomic E-state index is 9.92. The molecule has 0 saturated carbocycles. The average molecular weight is 239 g/mol. The first-order chi connectivity index (χ1) is 8.19. The molecule has 0 amide bonds. The third kappa shape index (κ3) is 4.34. The van der Waals surface area contributed by atoms with Crippen LogP contribution < -0.4 is 0 Å². The minimum atomic E-state index is 0.107. The number of aromatic hydroxyl groups is 1. The van der Waals surface area contributed by atoms with Crippen LogP contribution in [0.3, 0.4) is 0 Å². The normalized spacial score (nSPS) is 11.1. The van der Waals surface area contributed by atoms with Gasteiger partial charge in [0.25, 0.3) is 0 Å². The molecule has 1 rings (SSSR count). The Morgan fingerprint density at radius 1 is 1.29 bits per heavy atom. The number of aryl methyl sites for hydroxylation is 1. The molecule has 96 valence electrons. The number of hydrogen-bond donors (Lipinski definition) is 2. The molecule has 1 aromatic rings. The van der Waals surface area contributed by atoms with Crippen molar-refractivity contribution in [3.8, 4) is 5.75 Å². The summed E-state index contributed by atoms with van der Waals surface area (Å²) in [5.41, 5.74) is 1.76. The maximum Gasteiger partial charge on any atom is 0.122 e. The minimum absolute atomic E-state index is 0.107. The van der Waals surface area contributed by atoms with Gasteiger partial charge >= 0.3 is 0 Å². The van der Waals surface area contributed by atoms with Crippen molar-refractivity contribution in [2.45, 2.75) is 13.5 Å². The number of methoxy groups -OCH3 is 1. The number of phenolic OH excluding ortho intramolecular Hbond substituents is 1. The Morgan fingerprint density at radius 2 is 2.06 bits per heavy atom. The monoisotopic (exact) mass is 239 g/mol. The van der Waals surface area contributed by atoms with Crippen LogP contribution in [0.25, 0.3) is 0 Å². The third-order valence-electron chi connectivity index (χ3n) is 2.74. The van der Waals surface area contributed by atoms with Crippen LogP contribution in [0.15, 0.2) is 18.2 Å². The largest absolute Gasteiger partial charge is 0.507 e. The Morgan fingerprint density at radius 3 is 2.71 bits per heavy atom. The number of hydrogen-bond acceptors (Lipinski definition) is 4. The predicted molar refractivity (Wildman–Crippen MR) is 67.1 cm³/mol. The highest BCUT2D eigenvalue weighted by atomic mass is 16.5. The molecule has 0 saturated heterocycles. The summed E-state index contributed by atoms with van der Waals surface area (Å²) in [7, 11) is 1.65. The molecule has 1 aromatic carbocycles. The zero-order valence-corrected chi connectivity index (χ0v) is 10.5. The Kier molecular flexibility index (Phi) is 5.97. The van der Waals surface area contributed by atoms with Gasteiger partial charge in [0.05, 0.1) is 13.2 Å². The zero-order valence-electron chi connectivity index (χ0n) is 10.5. The van der Waals surface area contributed by atoms with E-state index in [0.717, 1.165) is 17.7 Å². The van der Waals surface area contributed by atoms with Crippen LogP contribution in [0.1, 0.15) is 11.1 Å². The van der Waals surface area contributed by atoms with Crippen molar-refractivity contribution in [1.82, 2.24) is 4.90 Å². The van der Waals surface area contributed by atoms with Gasteiger partial charge in [-0.15, -0.1) is 0 Å². The number of ether oxygens (including phenoxy) is 1. The van der Waals surface area contributed by atoms with E-state index < -0.39 is 0 Å². The van der Waals surface area contributed by atoms with Gasteiger partial charge in [0.1, 0.15) is 5.75 Å². The van der Waals surface area contributed by atoms with Crippen molar-refractivity contribution >= 4 is 0 Å². The molecule has 0 aliphatic rings. The van der Waals surface area contributed by atoms with E-state index in [2.05, 4.69) is 4.90 Å². The summed E-state index contributed by atoms with van der Waals surface area (Å²) < 4.78 is 5.02. The quantitative estimate of drug-likeness (QED) is 0.749. The van der Waals surface area contributed by atoms with E-state index in [-0.39, 0.29) is 6.61 Å². The van der Waals surface area contributed by atoms with E-state index >= 15 is 0 Å². The molecular formula is C13H21NO3. The summed E-state index contributed by atoms with van der Waals surface area (Å²) in [6, 6.07) is 5.71. The number of para-hydroxylation sites is 1. The van der Waals surface area contributed by atoms with Crippen LogP contribution in [0.5, 0.6) is 5.75 Å². The van der Waals surface area contributed by atoms with Crippen LogP contribution in [0.4, 0.5) is 0 Å². The first-order valence-electron chi connectivity index (χ1n) is 5.78. The zero-order chi connectivity index (χ0) is 12.7. The second kappa shape index (κ2) is 7.27. The summed E-state index contributed by atoms with van der Waals surface area (Å²) in [5, 5.41) is 18.9. The smallest absolute Gasteiger partial charge is 0.122 e. The van der Waals surface area contributed by atoms with Gasteiger partial charge in [-0.2, -0.15) is 0 Å². The number of benzene rings is 1. The molecular weight excluding hydrogens is 218 g/mol. The number of nitrogens with zero attached hydrogens (tertiary/aromatic N) is 1. The summed E-state index contributed by atoms with van der Waals surface area (Å²) >= 11 is 0. The Balaban J connectivity index is 2.67. The van der Waals surface area contributed by atoms with Gasteiger partial charge in [-0.1, -0.05) is 18.2 Å². The summed E-state index contributed by atoms with van der Waals surface area (Å²) in [5.74, 6) is 0.341. The lowest BCUT2D eigenvalue weighted by Crippen LogP contribution is -2.29. The van der Waals surface area contributed by atoms with Gasteiger partial charge < -0.3 is 14.9 Å². The lowest BCUT2D eigenvalue weighted by molar-refractivity contribution is 0.126. The highest BCUT2D eigenvalue weighted by molar-refractivity contribution is 5.39. The topological polar surface area (TPSA) is 52.9 Å². The number of rotatable bonds is 7. The summed E-state index contributed by atoms with van der Waals surface area (Å²) in [6.07, 6.45) is 0. The molecule has 0 fully saturated rings. The molecule has 0 aromatic heterocycles. The highest BCUT2D eigenvalue weighted by Crippen LogP contribution is 2.22. The SMILES string of the molecule is COCCN(CCO)Cc1cccc(C)c1O. The Bertz CT molecular complexity index is 341. The van der Waals surface area contributed by atoms with Gasteiger partial charge in [0, 0.05) is 32.3 Å². The second-order valence-corrected chi connectivity index (χ2v) is 4.08. The third-order valence-corrected chi connectivity index (χ3v) is 2.74. The Hall–Kier alpha value is -1.10. The van der Waals surface area contributed by atoms with E-state index in [0.29, 0.717) is 25.4 Å².